The molecule has 0 heterocycles. The summed E-state index contributed by atoms with van der Waals surface area (Å²) < 4.78 is 8.91. The van der Waals surface area contributed by atoms with E-state index in [4.69, 9.17) is 5.26 Å². The van der Waals surface area contributed by atoms with Crippen molar-refractivity contribution in [1.82, 2.24) is 0 Å². The Morgan fingerprint density at radius 2 is 1.71 bits per heavy atom. The molecule has 0 bridgehead atoms. The van der Waals surface area contributed by atoms with Crippen molar-refractivity contribution in [2.75, 3.05) is 14.2 Å². The first-order valence-corrected chi connectivity index (χ1v) is 4.11. The van der Waals surface area contributed by atoms with Crippen LogP contribution in [-0.4, -0.2) is 26.2 Å². The zero-order valence-electron chi connectivity index (χ0n) is 8.44. The maximum absolute atomic E-state index is 11.2. The van der Waals surface area contributed by atoms with Gasteiger partial charge < -0.3 is 9.47 Å². The standard InChI is InChI=1S/C9H13NO4/c1-6(4-5-10)7(8(11)13-2)9(12)14-3/h6-7H,4H2,1-3H3/t6-/m1/s1. The molecule has 0 saturated heterocycles. The van der Waals surface area contributed by atoms with E-state index in [1.54, 1.807) is 6.92 Å². The molecule has 0 aromatic heterocycles. The van der Waals surface area contributed by atoms with Crippen molar-refractivity contribution in [3.8, 4) is 6.07 Å². The molecule has 0 aromatic rings. The van der Waals surface area contributed by atoms with Gasteiger partial charge >= 0.3 is 11.9 Å². The van der Waals surface area contributed by atoms with Gasteiger partial charge in [0.05, 0.1) is 20.3 Å². The first-order valence-electron chi connectivity index (χ1n) is 4.11. The molecule has 0 spiro atoms. The molecule has 0 amide bonds. The summed E-state index contributed by atoms with van der Waals surface area (Å²) in [6, 6.07) is 1.89. The number of rotatable bonds is 4. The summed E-state index contributed by atoms with van der Waals surface area (Å²) in [4.78, 5) is 22.4. The Morgan fingerprint density at radius 3 is 2.00 bits per heavy atom. The van der Waals surface area contributed by atoms with Gasteiger partial charge in [0.1, 0.15) is 0 Å². The second kappa shape index (κ2) is 5.97. The molecule has 0 unspecified atom stereocenters. The number of hydrogen-bond donors (Lipinski definition) is 0. The van der Waals surface area contributed by atoms with Gasteiger partial charge in [-0.1, -0.05) is 6.92 Å². The van der Waals surface area contributed by atoms with Gasteiger partial charge in [-0.2, -0.15) is 5.26 Å². The molecule has 0 rings (SSSR count). The molecule has 0 aromatic carbocycles. The molecule has 5 nitrogen and oxygen atoms in total. The van der Waals surface area contributed by atoms with Gasteiger partial charge in [-0.25, -0.2) is 0 Å². The van der Waals surface area contributed by atoms with Crippen LogP contribution in [0.25, 0.3) is 0 Å². The van der Waals surface area contributed by atoms with Gasteiger partial charge in [-0.05, 0) is 5.92 Å². The number of methoxy groups -OCH3 is 2. The molecule has 1 atom stereocenters. The molecule has 0 aliphatic heterocycles. The highest BCUT2D eigenvalue weighted by Gasteiger charge is 2.33. The van der Waals surface area contributed by atoms with Crippen LogP contribution < -0.4 is 0 Å². The maximum atomic E-state index is 11.2. The van der Waals surface area contributed by atoms with E-state index in [0.717, 1.165) is 0 Å². The lowest BCUT2D eigenvalue weighted by atomic mass is 9.92. The number of hydrogen-bond acceptors (Lipinski definition) is 5. The lowest BCUT2D eigenvalue weighted by Crippen LogP contribution is -2.32. The molecule has 0 aliphatic rings. The summed E-state index contributed by atoms with van der Waals surface area (Å²) in [5.74, 6) is -2.75. The Morgan fingerprint density at radius 1 is 1.29 bits per heavy atom. The molecule has 0 fully saturated rings. The first-order chi connectivity index (χ1) is 6.58. The van der Waals surface area contributed by atoms with Crippen molar-refractivity contribution < 1.29 is 19.1 Å². The highest BCUT2D eigenvalue weighted by Crippen LogP contribution is 2.18. The molecular formula is C9H13NO4. The Kier molecular flexibility index (Phi) is 5.30. The largest absolute Gasteiger partial charge is 0.468 e. The minimum Gasteiger partial charge on any atom is -0.468 e. The summed E-state index contributed by atoms with van der Waals surface area (Å²) in [5.41, 5.74) is 0. The highest BCUT2D eigenvalue weighted by molar-refractivity contribution is 5.95. The lowest BCUT2D eigenvalue weighted by molar-refractivity contribution is -0.161. The molecule has 0 saturated carbocycles. The summed E-state index contributed by atoms with van der Waals surface area (Å²) in [5, 5.41) is 8.44. The molecule has 0 radical (unpaired) electrons. The minimum atomic E-state index is -1.01. The van der Waals surface area contributed by atoms with Crippen molar-refractivity contribution in [2.24, 2.45) is 11.8 Å². The van der Waals surface area contributed by atoms with Gasteiger partial charge in [0, 0.05) is 6.42 Å². The van der Waals surface area contributed by atoms with E-state index in [0.29, 0.717) is 0 Å². The van der Waals surface area contributed by atoms with Crippen LogP contribution in [0.4, 0.5) is 0 Å². The number of esters is 2. The van der Waals surface area contributed by atoms with E-state index in [1.165, 1.54) is 14.2 Å². The van der Waals surface area contributed by atoms with Crippen LogP contribution >= 0.6 is 0 Å². The monoisotopic (exact) mass is 199 g/mol. The Hall–Kier alpha value is -1.57. The molecule has 5 heteroatoms. The predicted octanol–water partition coefficient (Wildman–Crippen LogP) is 0.498. The maximum Gasteiger partial charge on any atom is 0.320 e. The van der Waals surface area contributed by atoms with E-state index in [1.807, 2.05) is 6.07 Å². The Bertz CT molecular complexity index is 240. The van der Waals surface area contributed by atoms with Crippen LogP contribution in [0.15, 0.2) is 0 Å². The number of carbonyl (C=O) groups is 2. The van der Waals surface area contributed by atoms with E-state index in [-0.39, 0.29) is 6.42 Å². The fourth-order valence-corrected chi connectivity index (χ4v) is 1.08. The van der Waals surface area contributed by atoms with Gasteiger partial charge in [0.2, 0.25) is 0 Å². The van der Waals surface area contributed by atoms with Crippen molar-refractivity contribution >= 4 is 11.9 Å². The van der Waals surface area contributed by atoms with Crippen LogP contribution in [-0.2, 0) is 19.1 Å². The predicted molar refractivity (Wildman–Crippen MR) is 46.9 cm³/mol. The Labute approximate surface area is 82.6 Å². The van der Waals surface area contributed by atoms with Gasteiger partial charge in [0.15, 0.2) is 5.92 Å². The van der Waals surface area contributed by atoms with E-state index in [9.17, 15) is 9.59 Å². The minimum absolute atomic E-state index is 0.106. The summed E-state index contributed by atoms with van der Waals surface area (Å²) >= 11 is 0. The zero-order valence-corrected chi connectivity index (χ0v) is 8.44. The van der Waals surface area contributed by atoms with E-state index in [2.05, 4.69) is 9.47 Å². The normalized spacial score (nSPS) is 11.6. The van der Waals surface area contributed by atoms with Gasteiger partial charge in [0.25, 0.3) is 0 Å². The van der Waals surface area contributed by atoms with Crippen LogP contribution in [0.3, 0.4) is 0 Å². The molecule has 14 heavy (non-hydrogen) atoms. The Balaban J connectivity index is 4.64. The van der Waals surface area contributed by atoms with Crippen molar-refractivity contribution in [3.63, 3.8) is 0 Å². The topological polar surface area (TPSA) is 76.4 Å². The quantitative estimate of drug-likeness (QED) is 0.486. The summed E-state index contributed by atoms with van der Waals surface area (Å²) in [6.07, 6.45) is 0.106. The van der Waals surface area contributed by atoms with Crippen molar-refractivity contribution in [2.45, 2.75) is 13.3 Å². The van der Waals surface area contributed by atoms with Gasteiger partial charge in [-0.15, -0.1) is 0 Å². The zero-order chi connectivity index (χ0) is 11.1. The fourth-order valence-electron chi connectivity index (χ4n) is 1.08. The first kappa shape index (κ1) is 12.4. The summed E-state index contributed by atoms with van der Waals surface area (Å²) in [6.45, 7) is 1.63. The number of carbonyl (C=O) groups excluding carboxylic acids is 2. The molecular weight excluding hydrogens is 186 g/mol. The van der Waals surface area contributed by atoms with Crippen molar-refractivity contribution in [1.29, 1.82) is 5.26 Å². The highest BCUT2D eigenvalue weighted by atomic mass is 16.5. The summed E-state index contributed by atoms with van der Waals surface area (Å²) in [7, 11) is 2.38. The third kappa shape index (κ3) is 3.05. The smallest absolute Gasteiger partial charge is 0.320 e. The SMILES string of the molecule is COC(=O)C(C(=O)OC)[C@H](C)CC#N. The number of nitrogens with zero attached hydrogens (tertiary/aromatic N) is 1. The lowest BCUT2D eigenvalue weighted by Gasteiger charge is -2.16. The van der Waals surface area contributed by atoms with E-state index >= 15 is 0 Å². The number of nitriles is 1. The third-order valence-electron chi connectivity index (χ3n) is 1.89. The van der Waals surface area contributed by atoms with Crippen LogP contribution in [0.1, 0.15) is 13.3 Å². The third-order valence-corrected chi connectivity index (χ3v) is 1.89. The van der Waals surface area contributed by atoms with Gasteiger partial charge in [-0.3, -0.25) is 9.59 Å². The second-order valence-electron chi connectivity index (χ2n) is 2.86. The number of ether oxygens (including phenoxy) is 2. The molecule has 0 N–H and O–H groups in total. The average molecular weight is 199 g/mol. The molecule has 0 aliphatic carbocycles. The fraction of sp³-hybridized carbons (Fsp3) is 0.667. The average Bonchev–Trinajstić information content (AvgIpc) is 2.17. The van der Waals surface area contributed by atoms with Crippen molar-refractivity contribution in [3.05, 3.63) is 0 Å². The van der Waals surface area contributed by atoms with Crippen LogP contribution in [0.5, 0.6) is 0 Å². The van der Waals surface area contributed by atoms with Crippen LogP contribution in [0, 0.1) is 23.2 Å². The van der Waals surface area contributed by atoms with E-state index < -0.39 is 23.8 Å². The van der Waals surface area contributed by atoms with Crippen LogP contribution in [0.2, 0.25) is 0 Å². The second-order valence-corrected chi connectivity index (χ2v) is 2.86. The molecule has 78 valence electrons.